The highest BCUT2D eigenvalue weighted by molar-refractivity contribution is 4.92. The van der Waals surface area contributed by atoms with Crippen molar-refractivity contribution in [3.05, 3.63) is 0 Å². The fraction of sp³-hybridized carbons (Fsp3) is 1.00. The molecule has 0 aromatic carbocycles. The van der Waals surface area contributed by atoms with Gasteiger partial charge in [-0.25, -0.2) is 0 Å². The topological polar surface area (TPSA) is 29.3 Å². The van der Waals surface area contributed by atoms with Gasteiger partial charge >= 0.3 is 0 Å². The quantitative estimate of drug-likeness (QED) is 0.524. The van der Waals surface area contributed by atoms with Crippen LogP contribution in [0.1, 0.15) is 12.8 Å². The van der Waals surface area contributed by atoms with Gasteiger partial charge in [0.25, 0.3) is 0 Å². The van der Waals surface area contributed by atoms with Gasteiger partial charge in [-0.15, -0.1) is 0 Å². The van der Waals surface area contributed by atoms with Crippen molar-refractivity contribution >= 4 is 0 Å². The number of fused-ring (bicyclic) bond motifs is 1. The van der Waals surface area contributed by atoms with Crippen molar-refractivity contribution in [2.45, 2.75) is 18.9 Å². The molecule has 2 unspecified atom stereocenters. The van der Waals surface area contributed by atoms with Gasteiger partial charge in [0, 0.05) is 19.1 Å². The second kappa shape index (κ2) is 2.21. The minimum absolute atomic E-state index is 0.517. The van der Waals surface area contributed by atoms with Gasteiger partial charge in [-0.3, -0.25) is 0 Å². The Balaban J connectivity index is 2.00. The summed E-state index contributed by atoms with van der Waals surface area (Å²) in [5.74, 6) is 1.86. The fourth-order valence-corrected chi connectivity index (χ4v) is 2.58. The van der Waals surface area contributed by atoms with Gasteiger partial charge in [-0.05, 0) is 31.7 Å². The molecular formula is C8H16N2. The van der Waals surface area contributed by atoms with E-state index in [-0.39, 0.29) is 0 Å². The largest absolute Gasteiger partial charge is 0.328 e. The SMILES string of the molecule is CN1CC2CC(N)CC2C1. The third kappa shape index (κ3) is 0.956. The summed E-state index contributed by atoms with van der Waals surface area (Å²) < 4.78 is 0. The molecule has 58 valence electrons. The monoisotopic (exact) mass is 140 g/mol. The molecule has 2 atom stereocenters. The van der Waals surface area contributed by atoms with Gasteiger partial charge in [0.1, 0.15) is 0 Å². The molecule has 0 aromatic heterocycles. The molecule has 0 aromatic rings. The second-order valence-corrected chi connectivity index (χ2v) is 3.97. The molecule has 2 nitrogen and oxygen atoms in total. The van der Waals surface area contributed by atoms with E-state index in [0.717, 1.165) is 11.8 Å². The second-order valence-electron chi connectivity index (χ2n) is 3.97. The van der Waals surface area contributed by atoms with Crippen LogP contribution in [0.5, 0.6) is 0 Å². The first-order valence-electron chi connectivity index (χ1n) is 4.20. The first-order valence-corrected chi connectivity index (χ1v) is 4.20. The Hall–Kier alpha value is -0.0800. The number of nitrogens with two attached hydrogens (primary N) is 1. The first kappa shape index (κ1) is 6.62. The molecule has 1 saturated carbocycles. The van der Waals surface area contributed by atoms with Crippen molar-refractivity contribution in [1.29, 1.82) is 0 Å². The molecule has 10 heavy (non-hydrogen) atoms. The van der Waals surface area contributed by atoms with Gasteiger partial charge in [0.15, 0.2) is 0 Å². The zero-order valence-electron chi connectivity index (χ0n) is 6.59. The van der Waals surface area contributed by atoms with Crippen molar-refractivity contribution in [2.24, 2.45) is 17.6 Å². The zero-order chi connectivity index (χ0) is 7.14. The predicted octanol–water partition coefficient (Wildman–Crippen LogP) is 0.285. The van der Waals surface area contributed by atoms with Crippen LogP contribution in [-0.4, -0.2) is 31.1 Å². The maximum absolute atomic E-state index is 5.85. The standard InChI is InChI=1S/C8H16N2/c1-10-4-6-2-8(9)3-7(6)5-10/h6-8H,2-5,9H2,1H3. The lowest BCUT2D eigenvalue weighted by Gasteiger charge is -2.09. The molecule has 1 saturated heterocycles. The normalized spacial score (nSPS) is 48.0. The average Bonchev–Trinajstić information content (AvgIpc) is 2.21. The predicted molar refractivity (Wildman–Crippen MR) is 41.7 cm³/mol. The van der Waals surface area contributed by atoms with Crippen LogP contribution in [0.3, 0.4) is 0 Å². The lowest BCUT2D eigenvalue weighted by Crippen LogP contribution is -2.22. The summed E-state index contributed by atoms with van der Waals surface area (Å²) in [5, 5.41) is 0. The number of rotatable bonds is 0. The molecule has 2 fully saturated rings. The molecule has 2 N–H and O–H groups in total. The molecule has 0 bridgehead atoms. The van der Waals surface area contributed by atoms with Gasteiger partial charge in [-0.2, -0.15) is 0 Å². The van der Waals surface area contributed by atoms with E-state index in [1.165, 1.54) is 25.9 Å². The van der Waals surface area contributed by atoms with E-state index in [1.54, 1.807) is 0 Å². The number of hydrogen-bond acceptors (Lipinski definition) is 2. The number of hydrogen-bond donors (Lipinski definition) is 1. The minimum atomic E-state index is 0.517. The molecule has 1 heterocycles. The Morgan fingerprint density at radius 1 is 1.20 bits per heavy atom. The van der Waals surface area contributed by atoms with E-state index in [0.29, 0.717) is 6.04 Å². The Bertz CT molecular complexity index is 107. The third-order valence-corrected chi connectivity index (χ3v) is 2.97. The van der Waals surface area contributed by atoms with Crippen LogP contribution in [0.25, 0.3) is 0 Å². The third-order valence-electron chi connectivity index (χ3n) is 2.97. The maximum Gasteiger partial charge on any atom is 0.00452 e. The highest BCUT2D eigenvalue weighted by Crippen LogP contribution is 2.36. The fourth-order valence-electron chi connectivity index (χ4n) is 2.58. The summed E-state index contributed by atoms with van der Waals surface area (Å²) >= 11 is 0. The van der Waals surface area contributed by atoms with Crippen molar-refractivity contribution in [3.8, 4) is 0 Å². The minimum Gasteiger partial charge on any atom is -0.328 e. The molecule has 2 rings (SSSR count). The molecular weight excluding hydrogens is 124 g/mol. The highest BCUT2D eigenvalue weighted by Gasteiger charge is 2.37. The number of nitrogens with zero attached hydrogens (tertiary/aromatic N) is 1. The Morgan fingerprint density at radius 3 is 2.20 bits per heavy atom. The molecule has 2 aliphatic rings. The van der Waals surface area contributed by atoms with E-state index >= 15 is 0 Å². The number of likely N-dealkylation sites (tertiary alicyclic amines) is 1. The zero-order valence-corrected chi connectivity index (χ0v) is 6.59. The van der Waals surface area contributed by atoms with Crippen molar-refractivity contribution in [3.63, 3.8) is 0 Å². The Labute approximate surface area is 62.4 Å². The van der Waals surface area contributed by atoms with Crippen LogP contribution < -0.4 is 5.73 Å². The summed E-state index contributed by atoms with van der Waals surface area (Å²) in [4.78, 5) is 2.43. The van der Waals surface area contributed by atoms with Crippen molar-refractivity contribution in [1.82, 2.24) is 4.90 Å². The average molecular weight is 140 g/mol. The van der Waals surface area contributed by atoms with Crippen molar-refractivity contribution in [2.75, 3.05) is 20.1 Å². The first-order chi connectivity index (χ1) is 4.75. The smallest absolute Gasteiger partial charge is 0.00452 e. The lowest BCUT2D eigenvalue weighted by atomic mass is 10.0. The Morgan fingerprint density at radius 2 is 1.70 bits per heavy atom. The van der Waals surface area contributed by atoms with Gasteiger partial charge in [0.05, 0.1) is 0 Å². The van der Waals surface area contributed by atoms with E-state index in [2.05, 4.69) is 11.9 Å². The highest BCUT2D eigenvalue weighted by atomic mass is 15.1. The maximum atomic E-state index is 5.85. The van der Waals surface area contributed by atoms with Crippen LogP contribution in [0.2, 0.25) is 0 Å². The molecule has 1 aliphatic carbocycles. The van der Waals surface area contributed by atoms with Crippen LogP contribution >= 0.6 is 0 Å². The summed E-state index contributed by atoms with van der Waals surface area (Å²) in [6.07, 6.45) is 2.55. The lowest BCUT2D eigenvalue weighted by molar-refractivity contribution is 0.371. The van der Waals surface area contributed by atoms with E-state index in [4.69, 9.17) is 5.73 Å². The van der Waals surface area contributed by atoms with Gasteiger partial charge in [-0.1, -0.05) is 0 Å². The van der Waals surface area contributed by atoms with Gasteiger partial charge < -0.3 is 10.6 Å². The van der Waals surface area contributed by atoms with Crippen LogP contribution in [0, 0.1) is 11.8 Å². The summed E-state index contributed by atoms with van der Waals surface area (Å²) in [5.41, 5.74) is 5.85. The van der Waals surface area contributed by atoms with Crippen molar-refractivity contribution < 1.29 is 0 Å². The summed E-state index contributed by atoms with van der Waals surface area (Å²) in [7, 11) is 2.21. The van der Waals surface area contributed by atoms with E-state index in [1.807, 2.05) is 0 Å². The summed E-state index contributed by atoms with van der Waals surface area (Å²) in [6, 6.07) is 0.517. The molecule has 0 spiro atoms. The van der Waals surface area contributed by atoms with Crippen LogP contribution in [0.4, 0.5) is 0 Å². The molecule has 0 amide bonds. The summed E-state index contributed by atoms with van der Waals surface area (Å²) in [6.45, 7) is 2.58. The Kier molecular flexibility index (Phi) is 1.46. The van der Waals surface area contributed by atoms with Crippen LogP contribution in [0.15, 0.2) is 0 Å². The van der Waals surface area contributed by atoms with E-state index < -0.39 is 0 Å². The van der Waals surface area contributed by atoms with E-state index in [9.17, 15) is 0 Å². The molecule has 2 heteroatoms. The molecule has 1 aliphatic heterocycles. The van der Waals surface area contributed by atoms with Crippen LogP contribution in [-0.2, 0) is 0 Å². The molecule has 0 radical (unpaired) electrons. The van der Waals surface area contributed by atoms with Gasteiger partial charge in [0.2, 0.25) is 0 Å².